The number of carbonyl (C=O) groups excluding carboxylic acids is 1. The van der Waals surface area contributed by atoms with Gasteiger partial charge >= 0.3 is 0 Å². The summed E-state index contributed by atoms with van der Waals surface area (Å²) < 4.78 is 15.8. The molecule has 2 heterocycles. The second-order valence-corrected chi connectivity index (χ2v) is 7.04. The van der Waals surface area contributed by atoms with Crippen LogP contribution in [0.1, 0.15) is 15.9 Å². The molecule has 1 N–H and O–H groups in total. The number of aryl methyl sites for hydroxylation is 1. The average molecular weight is 418 g/mol. The molecule has 0 fully saturated rings. The average Bonchev–Trinajstić information content (AvgIpc) is 2.76. The zero-order chi connectivity index (χ0) is 22.0. The van der Waals surface area contributed by atoms with E-state index >= 15 is 0 Å². The van der Waals surface area contributed by atoms with Gasteiger partial charge in [-0.25, -0.2) is 9.07 Å². The summed E-state index contributed by atoms with van der Waals surface area (Å²) in [6.45, 7) is 1.95. The molecule has 2 aromatic heterocycles. The Morgan fingerprint density at radius 3 is 2.55 bits per heavy atom. The van der Waals surface area contributed by atoms with Crippen molar-refractivity contribution in [3.8, 4) is 5.69 Å². The van der Waals surface area contributed by atoms with Gasteiger partial charge < -0.3 is 5.32 Å². The molecule has 4 aromatic rings. The lowest BCUT2D eigenvalue weighted by atomic mass is 10.1. The van der Waals surface area contributed by atoms with Crippen molar-refractivity contribution in [3.63, 3.8) is 0 Å². The number of fused-ring (bicyclic) bond motifs is 1. The van der Waals surface area contributed by atoms with Crippen molar-refractivity contribution in [1.29, 1.82) is 0 Å². The van der Waals surface area contributed by atoms with Crippen LogP contribution in [-0.2, 0) is 6.54 Å². The number of halogens is 1. The van der Waals surface area contributed by atoms with Crippen molar-refractivity contribution in [1.82, 2.24) is 19.7 Å². The van der Waals surface area contributed by atoms with E-state index in [2.05, 4.69) is 10.4 Å². The summed E-state index contributed by atoms with van der Waals surface area (Å²) >= 11 is 0. The number of aromatic nitrogens is 3. The van der Waals surface area contributed by atoms with Gasteiger partial charge in [-0.05, 0) is 48.9 Å². The van der Waals surface area contributed by atoms with Gasteiger partial charge in [-0.1, -0.05) is 18.2 Å². The van der Waals surface area contributed by atoms with E-state index in [1.165, 1.54) is 33.5 Å². The van der Waals surface area contributed by atoms with Crippen LogP contribution in [-0.4, -0.2) is 26.8 Å². The maximum Gasteiger partial charge on any atom is 0.274 e. The number of pyridine rings is 1. The summed E-state index contributed by atoms with van der Waals surface area (Å²) in [7, 11) is 0. The highest BCUT2D eigenvalue weighted by atomic mass is 19.1. The van der Waals surface area contributed by atoms with Crippen LogP contribution in [0.25, 0.3) is 16.5 Å². The minimum atomic E-state index is -0.548. The summed E-state index contributed by atoms with van der Waals surface area (Å²) in [5.41, 5.74) is 0.201. The van der Waals surface area contributed by atoms with Gasteiger partial charge in [-0.2, -0.15) is 5.10 Å². The van der Waals surface area contributed by atoms with Gasteiger partial charge in [0, 0.05) is 23.8 Å². The number of nitrogens with zero attached hydrogens (tertiary/aromatic N) is 3. The molecule has 4 rings (SSSR count). The Morgan fingerprint density at radius 1 is 1.03 bits per heavy atom. The molecule has 156 valence electrons. The number of nitrogens with one attached hydrogen (secondary N) is 1. The fraction of sp³-hybridized carbons (Fsp3) is 0.130. The highest BCUT2D eigenvalue weighted by Crippen LogP contribution is 2.10. The molecule has 8 heteroatoms. The Labute approximate surface area is 176 Å². The first kappa shape index (κ1) is 20.2. The van der Waals surface area contributed by atoms with E-state index in [0.29, 0.717) is 16.6 Å². The maximum atomic E-state index is 13.2. The number of hydrogen-bond acceptors (Lipinski definition) is 4. The first-order chi connectivity index (χ1) is 15.0. The summed E-state index contributed by atoms with van der Waals surface area (Å²) in [6, 6.07) is 14.2. The lowest BCUT2D eigenvalue weighted by Gasteiger charge is -2.12. The monoisotopic (exact) mass is 418 g/mol. The number of carbonyl (C=O) groups is 1. The fourth-order valence-electron chi connectivity index (χ4n) is 3.36. The molecule has 2 aromatic carbocycles. The molecule has 31 heavy (non-hydrogen) atoms. The molecule has 0 saturated heterocycles. The van der Waals surface area contributed by atoms with E-state index < -0.39 is 17.3 Å². The van der Waals surface area contributed by atoms with Gasteiger partial charge in [0.25, 0.3) is 17.0 Å². The maximum absolute atomic E-state index is 13.2. The molecule has 7 nitrogen and oxygen atoms in total. The molecule has 0 aliphatic rings. The van der Waals surface area contributed by atoms with Crippen LogP contribution in [0.5, 0.6) is 0 Å². The van der Waals surface area contributed by atoms with Crippen molar-refractivity contribution < 1.29 is 9.18 Å². The lowest BCUT2D eigenvalue weighted by Crippen LogP contribution is -2.36. The van der Waals surface area contributed by atoms with E-state index in [9.17, 15) is 18.8 Å². The SMILES string of the molecule is Cc1ccn(-c2ccc(F)cc2)c(=O)c1C(=O)NCCn1ncc2ccccc2c1=O. The summed E-state index contributed by atoms with van der Waals surface area (Å²) in [6.07, 6.45) is 3.14. The smallest absolute Gasteiger partial charge is 0.274 e. The lowest BCUT2D eigenvalue weighted by molar-refractivity contribution is 0.0949. The Hall–Kier alpha value is -4.07. The van der Waals surface area contributed by atoms with E-state index in [1.807, 2.05) is 6.07 Å². The molecule has 0 aliphatic carbocycles. The molecule has 0 unspecified atom stereocenters. The van der Waals surface area contributed by atoms with E-state index in [-0.39, 0.29) is 24.2 Å². The Bertz CT molecular complexity index is 1390. The van der Waals surface area contributed by atoms with Crippen LogP contribution < -0.4 is 16.4 Å². The largest absolute Gasteiger partial charge is 0.350 e. The van der Waals surface area contributed by atoms with Crippen molar-refractivity contribution in [3.05, 3.63) is 105 Å². The van der Waals surface area contributed by atoms with Gasteiger partial charge in [-0.3, -0.25) is 19.0 Å². The van der Waals surface area contributed by atoms with Crippen LogP contribution in [0.2, 0.25) is 0 Å². The van der Waals surface area contributed by atoms with Crippen LogP contribution >= 0.6 is 0 Å². The molecular weight excluding hydrogens is 399 g/mol. The van der Waals surface area contributed by atoms with E-state index in [4.69, 9.17) is 0 Å². The van der Waals surface area contributed by atoms with Crippen LogP contribution in [0.4, 0.5) is 4.39 Å². The fourth-order valence-corrected chi connectivity index (χ4v) is 3.36. The molecule has 1 amide bonds. The van der Waals surface area contributed by atoms with Crippen molar-refractivity contribution in [2.24, 2.45) is 0 Å². The van der Waals surface area contributed by atoms with Gasteiger partial charge in [0.05, 0.1) is 18.1 Å². The molecule has 0 bridgehead atoms. The number of benzene rings is 2. The van der Waals surface area contributed by atoms with Gasteiger partial charge in [0.15, 0.2) is 0 Å². The highest BCUT2D eigenvalue weighted by molar-refractivity contribution is 5.95. The standard InChI is InChI=1S/C23H19FN4O3/c1-15-10-12-27(18-8-6-17(24)7-9-18)23(31)20(15)21(29)25-11-13-28-22(30)19-5-3-2-4-16(19)14-26-28/h2-10,12,14H,11,13H2,1H3,(H,25,29). The number of rotatable bonds is 5. The topological polar surface area (TPSA) is 86.0 Å². The number of hydrogen-bond donors (Lipinski definition) is 1. The van der Waals surface area contributed by atoms with Crippen LogP contribution in [0.15, 0.2) is 76.6 Å². The zero-order valence-electron chi connectivity index (χ0n) is 16.7. The quantitative estimate of drug-likeness (QED) is 0.539. The summed E-state index contributed by atoms with van der Waals surface area (Å²) in [5.74, 6) is -0.966. The van der Waals surface area contributed by atoms with Gasteiger partial charge in [0.2, 0.25) is 0 Å². The third kappa shape index (κ3) is 4.00. The Kier molecular flexibility index (Phi) is 5.44. The van der Waals surface area contributed by atoms with E-state index in [1.54, 1.807) is 43.6 Å². The third-order valence-electron chi connectivity index (χ3n) is 5.00. The van der Waals surface area contributed by atoms with Crippen molar-refractivity contribution >= 4 is 16.7 Å². The molecule has 0 atom stereocenters. The first-order valence-electron chi connectivity index (χ1n) is 9.67. The molecule has 0 saturated carbocycles. The predicted octanol–water partition coefficient (Wildman–Crippen LogP) is 2.42. The van der Waals surface area contributed by atoms with Crippen molar-refractivity contribution in [2.75, 3.05) is 6.54 Å². The molecule has 0 aliphatic heterocycles. The van der Waals surface area contributed by atoms with Crippen molar-refractivity contribution in [2.45, 2.75) is 13.5 Å². The molecule has 0 spiro atoms. The van der Waals surface area contributed by atoms with E-state index in [0.717, 1.165) is 5.39 Å². The third-order valence-corrected chi connectivity index (χ3v) is 5.00. The van der Waals surface area contributed by atoms with Gasteiger partial charge in [0.1, 0.15) is 11.4 Å². The summed E-state index contributed by atoms with van der Waals surface area (Å²) in [4.78, 5) is 38.1. The van der Waals surface area contributed by atoms with Crippen LogP contribution in [0, 0.1) is 12.7 Å². The first-order valence-corrected chi connectivity index (χ1v) is 9.67. The van der Waals surface area contributed by atoms with Crippen LogP contribution in [0.3, 0.4) is 0 Å². The summed E-state index contributed by atoms with van der Waals surface area (Å²) in [5, 5.41) is 8.10. The second-order valence-electron chi connectivity index (χ2n) is 7.04. The molecule has 0 radical (unpaired) electrons. The minimum Gasteiger partial charge on any atom is -0.350 e. The number of amides is 1. The Morgan fingerprint density at radius 2 is 1.77 bits per heavy atom. The minimum absolute atomic E-state index is 0.00866. The predicted molar refractivity (Wildman–Crippen MR) is 115 cm³/mol. The van der Waals surface area contributed by atoms with Gasteiger partial charge in [-0.15, -0.1) is 0 Å². The Balaban J connectivity index is 1.53. The normalized spacial score (nSPS) is 10.9. The second kappa shape index (κ2) is 8.35. The highest BCUT2D eigenvalue weighted by Gasteiger charge is 2.16. The molecular formula is C23H19FN4O3. The zero-order valence-corrected chi connectivity index (χ0v) is 16.7.